The first-order valence-electron chi connectivity index (χ1n) is 6.97. The number of phenolic OH excluding ortho intramolecular Hbond substituents is 1. The Morgan fingerprint density at radius 3 is 2.55 bits per heavy atom. The van der Waals surface area contributed by atoms with Crippen molar-refractivity contribution in [2.75, 3.05) is 0 Å². The lowest BCUT2D eigenvalue weighted by atomic mass is 9.98. The summed E-state index contributed by atoms with van der Waals surface area (Å²) < 4.78 is 14.0. The molecule has 0 bridgehead atoms. The van der Waals surface area contributed by atoms with Crippen molar-refractivity contribution < 1.29 is 14.3 Å². The Morgan fingerprint density at radius 1 is 1.23 bits per heavy atom. The highest BCUT2D eigenvalue weighted by Crippen LogP contribution is 2.34. The first-order valence-corrected chi connectivity index (χ1v) is 6.97. The molecule has 0 aliphatic carbocycles. The molecule has 0 saturated carbocycles. The molecule has 0 aromatic heterocycles. The Morgan fingerprint density at radius 2 is 1.91 bits per heavy atom. The van der Waals surface area contributed by atoms with Crippen molar-refractivity contribution in [3.05, 3.63) is 65.5 Å². The summed E-state index contributed by atoms with van der Waals surface area (Å²) in [5, 5.41) is 15.0. The summed E-state index contributed by atoms with van der Waals surface area (Å²) in [7, 11) is 0. The van der Waals surface area contributed by atoms with Gasteiger partial charge in [-0.15, -0.1) is 0 Å². The van der Waals surface area contributed by atoms with E-state index in [0.717, 1.165) is 5.56 Å². The number of nitrogens with zero attached hydrogens (tertiary/aromatic N) is 2. The van der Waals surface area contributed by atoms with E-state index in [1.54, 1.807) is 42.5 Å². The van der Waals surface area contributed by atoms with Crippen LogP contribution in [0.25, 0.3) is 0 Å². The van der Waals surface area contributed by atoms with Gasteiger partial charge >= 0.3 is 0 Å². The number of phenols is 1. The van der Waals surface area contributed by atoms with E-state index in [4.69, 9.17) is 0 Å². The van der Waals surface area contributed by atoms with Crippen molar-refractivity contribution in [3.63, 3.8) is 0 Å². The second kappa shape index (κ2) is 5.60. The van der Waals surface area contributed by atoms with Crippen molar-refractivity contribution in [1.82, 2.24) is 5.01 Å². The molecular weight excluding hydrogens is 283 g/mol. The molecule has 1 unspecified atom stereocenters. The van der Waals surface area contributed by atoms with E-state index in [1.165, 1.54) is 18.0 Å². The third-order valence-corrected chi connectivity index (χ3v) is 3.70. The van der Waals surface area contributed by atoms with Gasteiger partial charge in [0.15, 0.2) is 0 Å². The van der Waals surface area contributed by atoms with Crippen LogP contribution in [0.5, 0.6) is 5.75 Å². The summed E-state index contributed by atoms with van der Waals surface area (Å²) in [6.07, 6.45) is 0.436. The van der Waals surface area contributed by atoms with Crippen LogP contribution in [0.2, 0.25) is 0 Å². The van der Waals surface area contributed by atoms with Crippen LogP contribution < -0.4 is 0 Å². The van der Waals surface area contributed by atoms with Crippen molar-refractivity contribution in [2.45, 2.75) is 19.4 Å². The van der Waals surface area contributed by atoms with Crippen LogP contribution in [-0.4, -0.2) is 21.7 Å². The summed E-state index contributed by atoms with van der Waals surface area (Å²) in [6.45, 7) is 1.41. The molecule has 2 aromatic carbocycles. The fourth-order valence-corrected chi connectivity index (χ4v) is 2.62. The average molecular weight is 298 g/mol. The second-order valence-electron chi connectivity index (χ2n) is 5.20. The van der Waals surface area contributed by atoms with Crippen LogP contribution in [0.3, 0.4) is 0 Å². The smallest absolute Gasteiger partial charge is 0.240 e. The topological polar surface area (TPSA) is 52.9 Å². The lowest BCUT2D eigenvalue weighted by Gasteiger charge is -2.20. The quantitative estimate of drug-likeness (QED) is 0.925. The summed E-state index contributed by atoms with van der Waals surface area (Å²) in [6, 6.07) is 12.6. The van der Waals surface area contributed by atoms with E-state index in [1.807, 2.05) is 0 Å². The predicted molar refractivity (Wildman–Crippen MR) is 80.9 cm³/mol. The van der Waals surface area contributed by atoms with Gasteiger partial charge in [-0.25, -0.2) is 9.40 Å². The Labute approximate surface area is 127 Å². The fourth-order valence-electron chi connectivity index (χ4n) is 2.62. The van der Waals surface area contributed by atoms with Gasteiger partial charge in [0.05, 0.1) is 11.8 Å². The minimum absolute atomic E-state index is 0.163. The molecule has 22 heavy (non-hydrogen) atoms. The molecule has 0 spiro atoms. The molecule has 3 rings (SSSR count). The van der Waals surface area contributed by atoms with Gasteiger partial charge in [-0.3, -0.25) is 4.79 Å². The average Bonchev–Trinajstić information content (AvgIpc) is 2.93. The number of aromatic hydroxyl groups is 1. The van der Waals surface area contributed by atoms with Crippen molar-refractivity contribution >= 4 is 11.6 Å². The maximum absolute atomic E-state index is 14.0. The molecule has 2 aromatic rings. The lowest BCUT2D eigenvalue weighted by Crippen LogP contribution is -2.25. The number of amides is 1. The van der Waals surface area contributed by atoms with Gasteiger partial charge in [-0.2, -0.15) is 5.10 Å². The van der Waals surface area contributed by atoms with Crippen LogP contribution in [-0.2, 0) is 4.79 Å². The zero-order chi connectivity index (χ0) is 15.7. The van der Waals surface area contributed by atoms with Crippen molar-refractivity contribution in [2.24, 2.45) is 5.10 Å². The van der Waals surface area contributed by atoms with E-state index in [2.05, 4.69) is 5.10 Å². The molecule has 0 fully saturated rings. The van der Waals surface area contributed by atoms with Crippen LogP contribution in [0.1, 0.15) is 30.5 Å². The Bertz CT molecular complexity index is 741. The van der Waals surface area contributed by atoms with Crippen LogP contribution in [0.15, 0.2) is 53.6 Å². The summed E-state index contributed by atoms with van der Waals surface area (Å²) >= 11 is 0. The number of benzene rings is 2. The van der Waals surface area contributed by atoms with Gasteiger partial charge in [-0.05, 0) is 35.9 Å². The minimum atomic E-state index is -0.442. The molecule has 112 valence electrons. The van der Waals surface area contributed by atoms with E-state index in [-0.39, 0.29) is 17.5 Å². The minimum Gasteiger partial charge on any atom is -0.508 e. The van der Waals surface area contributed by atoms with Gasteiger partial charge in [0.1, 0.15) is 11.6 Å². The van der Waals surface area contributed by atoms with Crippen LogP contribution in [0, 0.1) is 5.82 Å². The number of carbonyl (C=O) groups excluding carboxylic acids is 1. The SMILES string of the molecule is CC(=O)N1N=C(c2ccc(O)cc2)CC1c1ccccc1F. The number of carbonyl (C=O) groups is 1. The van der Waals surface area contributed by atoms with Crippen LogP contribution in [0.4, 0.5) is 4.39 Å². The van der Waals surface area contributed by atoms with E-state index in [9.17, 15) is 14.3 Å². The number of hydrogen-bond donors (Lipinski definition) is 1. The maximum atomic E-state index is 14.0. The Balaban J connectivity index is 1.96. The lowest BCUT2D eigenvalue weighted by molar-refractivity contribution is -0.130. The monoisotopic (exact) mass is 298 g/mol. The van der Waals surface area contributed by atoms with Gasteiger partial charge in [0.25, 0.3) is 0 Å². The Kier molecular flexibility index (Phi) is 3.63. The molecule has 1 amide bonds. The second-order valence-corrected chi connectivity index (χ2v) is 5.20. The van der Waals surface area contributed by atoms with Crippen molar-refractivity contribution in [3.8, 4) is 5.75 Å². The molecule has 1 N–H and O–H groups in total. The van der Waals surface area contributed by atoms with Gasteiger partial charge in [0.2, 0.25) is 5.91 Å². The molecule has 1 atom stereocenters. The number of hydrazone groups is 1. The maximum Gasteiger partial charge on any atom is 0.240 e. The van der Waals surface area contributed by atoms with E-state index < -0.39 is 6.04 Å². The zero-order valence-corrected chi connectivity index (χ0v) is 12.0. The zero-order valence-electron chi connectivity index (χ0n) is 12.0. The number of halogens is 1. The first kappa shape index (κ1) is 14.3. The van der Waals surface area contributed by atoms with E-state index in [0.29, 0.717) is 17.7 Å². The van der Waals surface area contributed by atoms with Gasteiger partial charge < -0.3 is 5.11 Å². The van der Waals surface area contributed by atoms with Gasteiger partial charge in [-0.1, -0.05) is 18.2 Å². The van der Waals surface area contributed by atoms with Crippen LogP contribution >= 0.6 is 0 Å². The molecular formula is C17H15FN2O2. The third kappa shape index (κ3) is 2.57. The number of hydrogen-bond acceptors (Lipinski definition) is 3. The highest BCUT2D eigenvalue weighted by Gasteiger charge is 2.32. The normalized spacial score (nSPS) is 17.5. The molecule has 1 aliphatic rings. The third-order valence-electron chi connectivity index (χ3n) is 3.70. The molecule has 1 heterocycles. The van der Waals surface area contributed by atoms with E-state index >= 15 is 0 Å². The highest BCUT2D eigenvalue weighted by molar-refractivity contribution is 6.03. The standard InChI is InChI=1S/C17H15FN2O2/c1-11(21)20-17(14-4-2-3-5-15(14)18)10-16(19-20)12-6-8-13(22)9-7-12/h2-9,17,22H,10H2,1H3. The highest BCUT2D eigenvalue weighted by atomic mass is 19.1. The first-order chi connectivity index (χ1) is 10.6. The predicted octanol–water partition coefficient (Wildman–Crippen LogP) is 3.23. The summed E-state index contributed by atoms with van der Waals surface area (Å²) in [4.78, 5) is 11.8. The molecule has 5 heteroatoms. The van der Waals surface area contributed by atoms with Crippen molar-refractivity contribution in [1.29, 1.82) is 0 Å². The molecule has 0 radical (unpaired) electrons. The van der Waals surface area contributed by atoms with Gasteiger partial charge in [0, 0.05) is 18.9 Å². The fraction of sp³-hybridized carbons (Fsp3) is 0.176. The summed E-state index contributed by atoms with van der Waals surface area (Å²) in [5.41, 5.74) is 1.96. The Hall–Kier alpha value is -2.69. The molecule has 4 nitrogen and oxygen atoms in total. The molecule has 1 aliphatic heterocycles. The summed E-state index contributed by atoms with van der Waals surface area (Å²) in [5.74, 6) is -0.417. The largest absolute Gasteiger partial charge is 0.508 e. The number of rotatable bonds is 2. The molecule has 0 saturated heterocycles.